The van der Waals surface area contributed by atoms with E-state index in [2.05, 4.69) is 21.8 Å². The number of anilines is 1. The highest BCUT2D eigenvalue weighted by Gasteiger charge is 2.26. The fourth-order valence-corrected chi connectivity index (χ4v) is 1.95. The smallest absolute Gasteiger partial charge is 0.225 e. The first kappa shape index (κ1) is 10.4. The van der Waals surface area contributed by atoms with Crippen molar-refractivity contribution >= 4 is 5.95 Å². The van der Waals surface area contributed by atoms with E-state index in [4.69, 9.17) is 5.73 Å². The summed E-state index contributed by atoms with van der Waals surface area (Å²) < 4.78 is 0. The van der Waals surface area contributed by atoms with Crippen molar-refractivity contribution in [2.24, 2.45) is 11.7 Å². The first-order valence-corrected chi connectivity index (χ1v) is 5.46. The summed E-state index contributed by atoms with van der Waals surface area (Å²) in [5, 5.41) is 0. The van der Waals surface area contributed by atoms with Crippen molar-refractivity contribution in [1.29, 1.82) is 0 Å². The Morgan fingerprint density at radius 3 is 2.67 bits per heavy atom. The molecule has 0 aliphatic carbocycles. The van der Waals surface area contributed by atoms with E-state index in [1.54, 1.807) is 0 Å². The average Bonchev–Trinajstić information content (AvgIpc) is 2.68. The normalized spacial score (nSPS) is 23.1. The van der Waals surface area contributed by atoms with Crippen LogP contribution in [0.25, 0.3) is 0 Å². The molecule has 2 N–H and O–H groups in total. The number of nitrogens with zero attached hydrogens (tertiary/aromatic N) is 3. The lowest BCUT2D eigenvalue weighted by Crippen LogP contribution is -2.30. The fourth-order valence-electron chi connectivity index (χ4n) is 1.95. The van der Waals surface area contributed by atoms with Gasteiger partial charge in [-0.3, -0.25) is 0 Å². The Hall–Kier alpha value is -1.16. The zero-order valence-electron chi connectivity index (χ0n) is 9.35. The molecule has 15 heavy (non-hydrogen) atoms. The Labute approximate surface area is 90.5 Å². The second-order valence-electron chi connectivity index (χ2n) is 4.41. The monoisotopic (exact) mass is 206 g/mol. The van der Waals surface area contributed by atoms with Gasteiger partial charge in [-0.2, -0.15) is 0 Å². The van der Waals surface area contributed by atoms with Crippen LogP contribution in [-0.2, 0) is 0 Å². The van der Waals surface area contributed by atoms with Crippen LogP contribution in [0.2, 0.25) is 0 Å². The third-order valence-electron chi connectivity index (χ3n) is 3.02. The van der Waals surface area contributed by atoms with Gasteiger partial charge in [0.2, 0.25) is 5.95 Å². The summed E-state index contributed by atoms with van der Waals surface area (Å²) in [5.74, 6) is 1.42. The molecular weight excluding hydrogens is 188 g/mol. The summed E-state index contributed by atoms with van der Waals surface area (Å²) in [7, 11) is 0. The average molecular weight is 206 g/mol. The molecule has 0 bridgehead atoms. The van der Waals surface area contributed by atoms with E-state index in [-0.39, 0.29) is 6.04 Å². The van der Waals surface area contributed by atoms with E-state index < -0.39 is 0 Å². The third kappa shape index (κ3) is 2.26. The van der Waals surface area contributed by atoms with Gasteiger partial charge in [-0.1, -0.05) is 0 Å². The number of aromatic nitrogens is 2. The topological polar surface area (TPSA) is 55.0 Å². The van der Waals surface area contributed by atoms with Gasteiger partial charge >= 0.3 is 0 Å². The highest BCUT2D eigenvalue weighted by atomic mass is 15.3. The van der Waals surface area contributed by atoms with Gasteiger partial charge in [0, 0.05) is 31.5 Å². The van der Waals surface area contributed by atoms with E-state index in [1.165, 1.54) is 0 Å². The molecule has 1 aromatic heterocycles. The standard InChI is InChI=1S/C11H18N4/c1-8-5-13-11(14-6-8)15-4-3-10(7-15)9(2)12/h5-6,9-10H,3-4,7,12H2,1-2H3. The molecule has 2 rings (SSSR count). The summed E-state index contributed by atoms with van der Waals surface area (Å²) in [6.45, 7) is 6.08. The van der Waals surface area contributed by atoms with E-state index in [1.807, 2.05) is 19.3 Å². The van der Waals surface area contributed by atoms with Gasteiger partial charge in [-0.25, -0.2) is 9.97 Å². The number of hydrogen-bond acceptors (Lipinski definition) is 4. The van der Waals surface area contributed by atoms with Gasteiger partial charge < -0.3 is 10.6 Å². The maximum atomic E-state index is 5.89. The van der Waals surface area contributed by atoms with Crippen LogP contribution in [0.5, 0.6) is 0 Å². The van der Waals surface area contributed by atoms with Crippen LogP contribution in [0.1, 0.15) is 18.9 Å². The highest BCUT2D eigenvalue weighted by Crippen LogP contribution is 2.21. The lowest BCUT2D eigenvalue weighted by atomic mass is 10.0. The van der Waals surface area contributed by atoms with Crippen LogP contribution in [-0.4, -0.2) is 29.1 Å². The van der Waals surface area contributed by atoms with Crippen molar-refractivity contribution in [3.8, 4) is 0 Å². The minimum absolute atomic E-state index is 0.264. The predicted octanol–water partition coefficient (Wildman–Crippen LogP) is 0.959. The molecule has 1 aromatic rings. The van der Waals surface area contributed by atoms with Gasteiger partial charge in [-0.15, -0.1) is 0 Å². The van der Waals surface area contributed by atoms with Crippen LogP contribution in [0.15, 0.2) is 12.4 Å². The summed E-state index contributed by atoms with van der Waals surface area (Å²) in [4.78, 5) is 10.9. The van der Waals surface area contributed by atoms with Gasteiger partial charge in [0.25, 0.3) is 0 Å². The third-order valence-corrected chi connectivity index (χ3v) is 3.02. The Balaban J connectivity index is 2.04. The first-order chi connectivity index (χ1) is 7.16. The molecule has 0 aromatic carbocycles. The van der Waals surface area contributed by atoms with E-state index in [0.29, 0.717) is 5.92 Å². The fraction of sp³-hybridized carbons (Fsp3) is 0.636. The van der Waals surface area contributed by atoms with Crippen LogP contribution in [0, 0.1) is 12.8 Å². The zero-order chi connectivity index (χ0) is 10.8. The zero-order valence-corrected chi connectivity index (χ0v) is 9.35. The summed E-state index contributed by atoms with van der Waals surface area (Å²) >= 11 is 0. The molecule has 1 aliphatic heterocycles. The van der Waals surface area contributed by atoms with Crippen molar-refractivity contribution in [2.75, 3.05) is 18.0 Å². The molecule has 0 spiro atoms. The molecule has 2 atom stereocenters. The van der Waals surface area contributed by atoms with Crippen molar-refractivity contribution in [3.05, 3.63) is 18.0 Å². The van der Waals surface area contributed by atoms with E-state index >= 15 is 0 Å². The largest absolute Gasteiger partial charge is 0.340 e. The first-order valence-electron chi connectivity index (χ1n) is 5.46. The molecule has 0 saturated carbocycles. The molecule has 1 fully saturated rings. The van der Waals surface area contributed by atoms with Crippen molar-refractivity contribution in [1.82, 2.24) is 9.97 Å². The number of nitrogens with two attached hydrogens (primary N) is 1. The van der Waals surface area contributed by atoms with E-state index in [9.17, 15) is 0 Å². The molecule has 82 valence electrons. The molecule has 1 saturated heterocycles. The number of hydrogen-bond donors (Lipinski definition) is 1. The van der Waals surface area contributed by atoms with Crippen LogP contribution >= 0.6 is 0 Å². The molecule has 1 aliphatic rings. The summed E-state index contributed by atoms with van der Waals surface area (Å²) in [6.07, 6.45) is 4.87. The van der Waals surface area contributed by atoms with Crippen molar-refractivity contribution in [2.45, 2.75) is 26.3 Å². The lowest BCUT2D eigenvalue weighted by molar-refractivity contribution is 0.487. The minimum Gasteiger partial charge on any atom is -0.340 e. The number of rotatable bonds is 2. The maximum absolute atomic E-state index is 5.89. The van der Waals surface area contributed by atoms with Crippen LogP contribution < -0.4 is 10.6 Å². The molecule has 2 heterocycles. The molecular formula is C11H18N4. The Morgan fingerprint density at radius 2 is 2.13 bits per heavy atom. The molecule has 2 unspecified atom stereocenters. The molecule has 0 radical (unpaired) electrons. The van der Waals surface area contributed by atoms with E-state index in [0.717, 1.165) is 31.0 Å². The van der Waals surface area contributed by atoms with Crippen LogP contribution in [0.4, 0.5) is 5.95 Å². The second kappa shape index (κ2) is 4.14. The second-order valence-corrected chi connectivity index (χ2v) is 4.41. The lowest BCUT2D eigenvalue weighted by Gasteiger charge is -2.17. The number of aryl methyl sites for hydroxylation is 1. The van der Waals surface area contributed by atoms with Gasteiger partial charge in [0.1, 0.15) is 0 Å². The molecule has 4 nitrogen and oxygen atoms in total. The van der Waals surface area contributed by atoms with Crippen molar-refractivity contribution < 1.29 is 0 Å². The van der Waals surface area contributed by atoms with Gasteiger partial charge in [0.15, 0.2) is 0 Å². The predicted molar refractivity (Wildman–Crippen MR) is 60.7 cm³/mol. The van der Waals surface area contributed by atoms with Gasteiger partial charge in [0.05, 0.1) is 0 Å². The summed E-state index contributed by atoms with van der Waals surface area (Å²) in [5.41, 5.74) is 6.99. The Kier molecular flexibility index (Phi) is 2.86. The molecule has 0 amide bonds. The van der Waals surface area contributed by atoms with Gasteiger partial charge in [-0.05, 0) is 31.7 Å². The SMILES string of the molecule is Cc1cnc(N2CCC(C(C)N)C2)nc1. The maximum Gasteiger partial charge on any atom is 0.225 e. The van der Waals surface area contributed by atoms with Crippen molar-refractivity contribution in [3.63, 3.8) is 0 Å². The molecule has 4 heteroatoms. The quantitative estimate of drug-likeness (QED) is 0.783. The highest BCUT2D eigenvalue weighted by molar-refractivity contribution is 5.31. The van der Waals surface area contributed by atoms with Crippen LogP contribution in [0.3, 0.4) is 0 Å². The summed E-state index contributed by atoms with van der Waals surface area (Å²) in [6, 6.07) is 0.264. The Morgan fingerprint density at radius 1 is 1.47 bits per heavy atom. The Bertz CT molecular complexity index is 320. The minimum atomic E-state index is 0.264.